The van der Waals surface area contributed by atoms with E-state index < -0.39 is 10.2 Å². The Balaban J connectivity index is 1.58. The van der Waals surface area contributed by atoms with Crippen LogP contribution in [0.5, 0.6) is 0 Å². The average molecular weight is 273 g/mol. The molecular weight excluding hydrogens is 250 g/mol. The van der Waals surface area contributed by atoms with Crippen LogP contribution in [0.4, 0.5) is 0 Å². The van der Waals surface area contributed by atoms with E-state index in [0.717, 1.165) is 38.8 Å². The van der Waals surface area contributed by atoms with Crippen molar-refractivity contribution in [1.82, 2.24) is 14.3 Å². The van der Waals surface area contributed by atoms with Crippen LogP contribution in [0.3, 0.4) is 0 Å². The number of rotatable bonds is 3. The molecule has 0 aromatic carbocycles. The molecule has 104 valence electrons. The Kier molecular flexibility index (Phi) is 3.38. The first-order valence-corrected chi connectivity index (χ1v) is 8.52. The van der Waals surface area contributed by atoms with E-state index in [-0.39, 0.29) is 6.04 Å². The second-order valence-electron chi connectivity index (χ2n) is 6.05. The molecule has 0 bridgehead atoms. The molecule has 1 spiro atoms. The van der Waals surface area contributed by atoms with Crippen molar-refractivity contribution in [3.05, 3.63) is 0 Å². The van der Waals surface area contributed by atoms with Gasteiger partial charge in [0.15, 0.2) is 0 Å². The summed E-state index contributed by atoms with van der Waals surface area (Å²) in [5, 5.41) is 3.39. The van der Waals surface area contributed by atoms with Crippen molar-refractivity contribution < 1.29 is 8.42 Å². The number of hydrogen-bond donors (Lipinski definition) is 2. The van der Waals surface area contributed by atoms with Crippen molar-refractivity contribution in [3.8, 4) is 0 Å². The van der Waals surface area contributed by atoms with Crippen LogP contribution in [0.2, 0.25) is 0 Å². The maximum atomic E-state index is 12.1. The molecule has 0 atom stereocenters. The van der Waals surface area contributed by atoms with Crippen molar-refractivity contribution in [2.24, 2.45) is 5.41 Å². The Morgan fingerprint density at radius 3 is 2.22 bits per heavy atom. The highest BCUT2D eigenvalue weighted by Crippen LogP contribution is 2.40. The first kappa shape index (κ1) is 12.8. The third kappa shape index (κ3) is 2.71. The maximum absolute atomic E-state index is 12.1. The second kappa shape index (κ2) is 4.74. The lowest BCUT2D eigenvalue weighted by Crippen LogP contribution is -2.50. The van der Waals surface area contributed by atoms with Crippen LogP contribution < -0.4 is 10.0 Å². The predicted molar refractivity (Wildman–Crippen MR) is 70.4 cm³/mol. The molecule has 2 saturated heterocycles. The molecule has 0 unspecified atom stereocenters. The predicted octanol–water partition coefficient (Wildman–Crippen LogP) is 0.449. The summed E-state index contributed by atoms with van der Waals surface area (Å²) >= 11 is 0. The van der Waals surface area contributed by atoms with Crippen LogP contribution >= 0.6 is 0 Å². The van der Waals surface area contributed by atoms with Crippen molar-refractivity contribution in [3.63, 3.8) is 0 Å². The smallest absolute Gasteiger partial charge is 0.279 e. The number of nitrogens with zero attached hydrogens (tertiary/aromatic N) is 1. The van der Waals surface area contributed by atoms with Gasteiger partial charge in [-0.2, -0.15) is 17.4 Å². The molecule has 0 amide bonds. The number of hydrogen-bond acceptors (Lipinski definition) is 3. The topological polar surface area (TPSA) is 61.4 Å². The lowest BCUT2D eigenvalue weighted by Gasteiger charge is -2.43. The molecule has 18 heavy (non-hydrogen) atoms. The zero-order chi connectivity index (χ0) is 12.6. The van der Waals surface area contributed by atoms with E-state index in [9.17, 15) is 8.42 Å². The van der Waals surface area contributed by atoms with Crippen molar-refractivity contribution in [2.75, 3.05) is 26.2 Å². The Morgan fingerprint density at radius 2 is 1.67 bits per heavy atom. The van der Waals surface area contributed by atoms with Gasteiger partial charge in [0.25, 0.3) is 10.2 Å². The third-order valence-corrected chi connectivity index (χ3v) is 6.36. The van der Waals surface area contributed by atoms with Gasteiger partial charge < -0.3 is 5.32 Å². The quantitative estimate of drug-likeness (QED) is 0.785. The second-order valence-corrected chi connectivity index (χ2v) is 7.75. The molecule has 0 aromatic heterocycles. The summed E-state index contributed by atoms with van der Waals surface area (Å²) in [6.45, 7) is 3.57. The summed E-state index contributed by atoms with van der Waals surface area (Å²) in [5.41, 5.74) is 0.414. The number of nitrogens with one attached hydrogen (secondary N) is 2. The van der Waals surface area contributed by atoms with E-state index in [1.807, 2.05) is 0 Å². The highest BCUT2D eigenvalue weighted by Gasteiger charge is 2.39. The van der Waals surface area contributed by atoms with Crippen LogP contribution in [0.15, 0.2) is 0 Å². The van der Waals surface area contributed by atoms with Crippen LogP contribution in [-0.2, 0) is 10.2 Å². The van der Waals surface area contributed by atoms with Crippen LogP contribution in [0.1, 0.15) is 38.5 Å². The highest BCUT2D eigenvalue weighted by atomic mass is 32.2. The lowest BCUT2D eigenvalue weighted by molar-refractivity contribution is 0.110. The van der Waals surface area contributed by atoms with Gasteiger partial charge in [0.05, 0.1) is 0 Å². The van der Waals surface area contributed by atoms with Crippen LogP contribution in [-0.4, -0.2) is 44.9 Å². The van der Waals surface area contributed by atoms with Crippen LogP contribution in [0, 0.1) is 5.41 Å². The molecule has 2 N–H and O–H groups in total. The van der Waals surface area contributed by atoms with Gasteiger partial charge in [0.1, 0.15) is 0 Å². The zero-order valence-electron chi connectivity index (χ0n) is 10.8. The third-order valence-electron chi connectivity index (χ3n) is 4.68. The van der Waals surface area contributed by atoms with E-state index in [2.05, 4.69) is 10.0 Å². The molecule has 1 aliphatic carbocycles. The molecule has 6 heteroatoms. The normalized spacial score (nSPS) is 29.6. The average Bonchev–Trinajstić information content (AvgIpc) is 3.14. The van der Waals surface area contributed by atoms with Gasteiger partial charge in [-0.3, -0.25) is 0 Å². The summed E-state index contributed by atoms with van der Waals surface area (Å²) in [6, 6.07) is 0.213. The Labute approximate surface area is 109 Å². The highest BCUT2D eigenvalue weighted by molar-refractivity contribution is 7.87. The minimum atomic E-state index is -3.21. The van der Waals surface area contributed by atoms with Crippen molar-refractivity contribution in [1.29, 1.82) is 0 Å². The van der Waals surface area contributed by atoms with Crippen molar-refractivity contribution in [2.45, 2.75) is 44.6 Å². The van der Waals surface area contributed by atoms with Gasteiger partial charge in [0, 0.05) is 19.1 Å². The van der Waals surface area contributed by atoms with Crippen molar-refractivity contribution >= 4 is 10.2 Å². The molecule has 3 fully saturated rings. The summed E-state index contributed by atoms with van der Waals surface area (Å²) < 4.78 is 28.6. The van der Waals surface area contributed by atoms with Gasteiger partial charge in [-0.25, -0.2) is 0 Å². The minimum absolute atomic E-state index is 0.213. The summed E-state index contributed by atoms with van der Waals surface area (Å²) in [7, 11) is -3.21. The van der Waals surface area contributed by atoms with Gasteiger partial charge in [-0.1, -0.05) is 0 Å². The van der Waals surface area contributed by atoms with Crippen LogP contribution in [0.25, 0.3) is 0 Å². The number of piperidine rings is 2. The molecule has 1 saturated carbocycles. The van der Waals surface area contributed by atoms with Gasteiger partial charge >= 0.3 is 0 Å². The van der Waals surface area contributed by atoms with E-state index >= 15 is 0 Å². The standard InChI is InChI=1S/C12H23N3O2S/c16-18(17,14-11-1-2-11)15-9-5-12(6-10-15)3-7-13-8-4-12/h11,13-14H,1-10H2. The maximum Gasteiger partial charge on any atom is 0.279 e. The fourth-order valence-corrected chi connectivity index (χ4v) is 4.61. The SMILES string of the molecule is O=S(=O)(NC1CC1)N1CCC2(CCNCC2)CC1. The minimum Gasteiger partial charge on any atom is -0.317 e. The summed E-state index contributed by atoms with van der Waals surface area (Å²) in [5.74, 6) is 0. The Hall–Kier alpha value is -0.170. The first-order valence-electron chi connectivity index (χ1n) is 7.08. The first-order chi connectivity index (χ1) is 8.60. The zero-order valence-corrected chi connectivity index (χ0v) is 11.6. The fourth-order valence-electron chi connectivity index (χ4n) is 3.14. The van der Waals surface area contributed by atoms with Gasteiger partial charge in [0.2, 0.25) is 0 Å². The molecule has 3 rings (SSSR count). The molecule has 0 aromatic rings. The van der Waals surface area contributed by atoms with E-state index in [1.165, 1.54) is 12.8 Å². The molecule has 3 aliphatic rings. The lowest BCUT2D eigenvalue weighted by atomic mass is 9.72. The van der Waals surface area contributed by atoms with E-state index in [4.69, 9.17) is 0 Å². The molecule has 5 nitrogen and oxygen atoms in total. The Morgan fingerprint density at radius 1 is 1.06 bits per heavy atom. The fraction of sp³-hybridized carbons (Fsp3) is 1.00. The summed E-state index contributed by atoms with van der Waals surface area (Å²) in [4.78, 5) is 0. The molecule has 2 heterocycles. The monoisotopic (exact) mass is 273 g/mol. The largest absolute Gasteiger partial charge is 0.317 e. The van der Waals surface area contributed by atoms with E-state index in [0.29, 0.717) is 18.5 Å². The Bertz CT molecular complexity index is 390. The molecule has 0 radical (unpaired) electrons. The summed E-state index contributed by atoms with van der Waals surface area (Å²) in [6.07, 6.45) is 6.47. The van der Waals surface area contributed by atoms with E-state index in [1.54, 1.807) is 4.31 Å². The van der Waals surface area contributed by atoms with Gasteiger partial charge in [-0.05, 0) is 57.0 Å². The molecular formula is C12H23N3O2S. The molecule has 2 aliphatic heterocycles. The van der Waals surface area contributed by atoms with Gasteiger partial charge in [-0.15, -0.1) is 0 Å².